The van der Waals surface area contributed by atoms with Crippen molar-refractivity contribution in [2.45, 2.75) is 48.6 Å². The molecule has 0 amide bonds. The Kier molecular flexibility index (Phi) is 6.69. The summed E-state index contributed by atoms with van der Waals surface area (Å²) in [5, 5.41) is 11.1. The molecule has 46 heavy (non-hydrogen) atoms. The molecule has 8 N–H and O–H groups in total. The summed E-state index contributed by atoms with van der Waals surface area (Å²) in [5.41, 5.74) is 9.37. The van der Waals surface area contributed by atoms with Crippen molar-refractivity contribution >= 4 is 49.7 Å². The number of H-pyrrole nitrogens is 1. The lowest BCUT2D eigenvalue weighted by molar-refractivity contribution is -0.184. The van der Waals surface area contributed by atoms with E-state index in [9.17, 15) is 28.8 Å². The molecule has 246 valence electrons. The van der Waals surface area contributed by atoms with Gasteiger partial charge in [-0.15, -0.1) is 0 Å². The van der Waals surface area contributed by atoms with E-state index in [1.165, 1.54) is 17.2 Å². The average molecular weight is 686 g/mol. The van der Waals surface area contributed by atoms with E-state index < -0.39 is 83.0 Å². The van der Waals surface area contributed by atoms with Crippen LogP contribution < -0.4 is 17.0 Å². The summed E-state index contributed by atoms with van der Waals surface area (Å²) in [4.78, 5) is 56.5. The van der Waals surface area contributed by atoms with Gasteiger partial charge >= 0.3 is 15.6 Å². The van der Waals surface area contributed by atoms with Gasteiger partial charge in [0.2, 0.25) is 5.95 Å². The zero-order chi connectivity index (χ0) is 32.2. The first-order valence-electron chi connectivity index (χ1n) is 13.4. The molecular formula is C21H24N10O13P2. The van der Waals surface area contributed by atoms with Gasteiger partial charge < -0.3 is 40.6 Å². The standard InChI is InChI=1S/C21H24N10O13P2/c22-14-8-15(25-4-24-14)30(5-26-8)19-12-13-21(42-19,2-38-12)3-40-46(36,37)43-11-10(32)7(1-39-45(34,35)44-13)41-18(11)31-6-27-9-16(31)28-20(23)29-17(9)33/h4-7,10-13,18-19,32H,1-3H2,(H,34,35)(H,36,37)(H2,22,24,25)(H3,23,28,29,33). The first-order valence-corrected chi connectivity index (χ1v) is 16.4. The van der Waals surface area contributed by atoms with Gasteiger partial charge in [-0.25, -0.2) is 29.1 Å². The van der Waals surface area contributed by atoms with Crippen molar-refractivity contribution in [3.8, 4) is 0 Å². The van der Waals surface area contributed by atoms with Crippen LogP contribution in [0.25, 0.3) is 22.3 Å². The zero-order valence-corrected chi connectivity index (χ0v) is 24.8. The first kappa shape index (κ1) is 29.9. The highest BCUT2D eigenvalue weighted by molar-refractivity contribution is 7.47. The van der Waals surface area contributed by atoms with Gasteiger partial charge in [-0.05, 0) is 0 Å². The monoisotopic (exact) mass is 686 g/mol. The maximum atomic E-state index is 13.4. The molecule has 4 aromatic rings. The number of hydrogen-bond acceptors (Lipinski definition) is 18. The number of phosphoric ester groups is 2. The number of phosphoric acid groups is 2. The summed E-state index contributed by atoms with van der Waals surface area (Å²) in [6.07, 6.45) is -6.26. The average Bonchev–Trinajstić information content (AvgIpc) is 3.80. The van der Waals surface area contributed by atoms with Gasteiger partial charge in [-0.3, -0.25) is 37.0 Å². The molecule has 4 fully saturated rings. The van der Waals surface area contributed by atoms with Crippen LogP contribution in [-0.2, 0) is 41.4 Å². The van der Waals surface area contributed by atoms with Crippen LogP contribution in [0.2, 0.25) is 0 Å². The van der Waals surface area contributed by atoms with E-state index in [0.717, 1.165) is 10.9 Å². The minimum atomic E-state index is -5.11. The predicted octanol–water partition coefficient (Wildman–Crippen LogP) is -1.93. The van der Waals surface area contributed by atoms with E-state index in [-0.39, 0.29) is 40.7 Å². The lowest BCUT2D eigenvalue weighted by atomic mass is 10.0. The number of aliphatic hydroxyl groups excluding tert-OH is 1. The Morgan fingerprint density at radius 2 is 1.67 bits per heavy atom. The molecule has 0 aromatic carbocycles. The second kappa shape index (κ2) is 10.3. The van der Waals surface area contributed by atoms with Crippen LogP contribution in [-0.4, -0.2) is 110 Å². The SMILES string of the molecule is Nc1nc2c(ncn2C2OC3COP(=O)(O)OC4C5OCC4(COP(=O)(O)OC2C3O)OC5n2cnc3c(N)ncnc32)c(=O)[nH]1. The summed E-state index contributed by atoms with van der Waals surface area (Å²) < 4.78 is 68.7. The Morgan fingerprint density at radius 1 is 0.935 bits per heavy atom. The van der Waals surface area contributed by atoms with Gasteiger partial charge in [0, 0.05) is 0 Å². The molecule has 4 aromatic heterocycles. The molecule has 0 radical (unpaired) electrons. The van der Waals surface area contributed by atoms with Gasteiger partial charge in [0.05, 0.1) is 32.5 Å². The van der Waals surface area contributed by atoms with E-state index >= 15 is 0 Å². The smallest absolute Gasteiger partial charge is 0.387 e. The van der Waals surface area contributed by atoms with E-state index in [1.54, 1.807) is 0 Å². The number of aromatic nitrogens is 8. The highest BCUT2D eigenvalue weighted by Gasteiger charge is 2.66. The number of fused-ring (bicyclic) bond motifs is 4. The van der Waals surface area contributed by atoms with Gasteiger partial charge in [0.25, 0.3) is 5.56 Å². The summed E-state index contributed by atoms with van der Waals surface area (Å²) in [7, 11) is -10.1. The molecule has 4 aliphatic heterocycles. The fourth-order valence-electron chi connectivity index (χ4n) is 5.97. The highest BCUT2D eigenvalue weighted by atomic mass is 31.2. The molecule has 0 saturated carbocycles. The molecule has 8 heterocycles. The number of imidazole rings is 2. The highest BCUT2D eigenvalue weighted by Crippen LogP contribution is 2.58. The van der Waals surface area contributed by atoms with Crippen LogP contribution in [0.15, 0.2) is 23.8 Å². The molecule has 25 heteroatoms. The maximum Gasteiger partial charge on any atom is 0.472 e. The largest absolute Gasteiger partial charge is 0.472 e. The van der Waals surface area contributed by atoms with Crippen LogP contribution in [0.5, 0.6) is 0 Å². The quantitative estimate of drug-likeness (QED) is 0.125. The van der Waals surface area contributed by atoms with E-state index in [4.69, 9.17) is 43.8 Å². The summed E-state index contributed by atoms with van der Waals surface area (Å²) in [6, 6.07) is 0. The molecule has 10 unspecified atom stereocenters. The predicted molar refractivity (Wildman–Crippen MR) is 146 cm³/mol. The number of hydrogen-bond donors (Lipinski definition) is 6. The molecule has 0 aliphatic carbocycles. The number of rotatable bonds is 2. The molecule has 4 aliphatic rings. The Morgan fingerprint density at radius 3 is 2.48 bits per heavy atom. The third-order valence-electron chi connectivity index (χ3n) is 8.05. The van der Waals surface area contributed by atoms with Crippen molar-refractivity contribution in [1.29, 1.82) is 0 Å². The molecule has 10 atom stereocenters. The third kappa shape index (κ3) is 4.67. The van der Waals surface area contributed by atoms with Gasteiger partial charge in [0.1, 0.15) is 48.0 Å². The summed E-state index contributed by atoms with van der Waals surface area (Å²) in [5.74, 6) is -0.181. The molecule has 4 saturated heterocycles. The maximum absolute atomic E-state index is 13.4. The molecule has 4 bridgehead atoms. The molecular weight excluding hydrogens is 662 g/mol. The summed E-state index contributed by atoms with van der Waals surface area (Å²) >= 11 is 0. The number of aromatic amines is 1. The second-order valence-corrected chi connectivity index (χ2v) is 13.7. The van der Waals surface area contributed by atoms with Crippen LogP contribution in [0.4, 0.5) is 11.8 Å². The van der Waals surface area contributed by atoms with E-state index in [2.05, 4.69) is 29.9 Å². The van der Waals surface area contributed by atoms with E-state index in [1.807, 2.05) is 0 Å². The van der Waals surface area contributed by atoms with Gasteiger partial charge in [-0.2, -0.15) is 4.98 Å². The normalized spacial score (nSPS) is 39.7. The van der Waals surface area contributed by atoms with Crippen LogP contribution in [0.3, 0.4) is 0 Å². The zero-order valence-electron chi connectivity index (χ0n) is 23.0. The third-order valence-corrected chi connectivity index (χ3v) is 9.98. The van der Waals surface area contributed by atoms with Gasteiger partial charge in [-0.1, -0.05) is 0 Å². The number of nitrogens with zero attached hydrogens (tertiary/aromatic N) is 7. The lowest BCUT2D eigenvalue weighted by Crippen LogP contribution is -2.45. The van der Waals surface area contributed by atoms with Crippen molar-refractivity contribution in [1.82, 2.24) is 39.0 Å². The fraction of sp³-hybridized carbons (Fsp3) is 0.524. The minimum Gasteiger partial charge on any atom is -0.387 e. The number of anilines is 2. The Hall–Kier alpha value is -3.44. The van der Waals surface area contributed by atoms with Gasteiger partial charge in [0.15, 0.2) is 35.1 Å². The first-order chi connectivity index (χ1) is 21.8. The fourth-order valence-corrected chi connectivity index (χ4v) is 7.95. The topological polar surface area (TPSA) is 319 Å². The number of nitrogens with two attached hydrogens (primary N) is 2. The van der Waals surface area contributed by atoms with Crippen molar-refractivity contribution < 1.29 is 56.3 Å². The molecule has 8 rings (SSSR count). The van der Waals surface area contributed by atoms with Crippen molar-refractivity contribution in [2.24, 2.45) is 0 Å². The Labute approximate surface area is 254 Å². The number of ether oxygens (including phenoxy) is 3. The van der Waals surface area contributed by atoms with Crippen LogP contribution in [0.1, 0.15) is 12.5 Å². The lowest BCUT2D eigenvalue weighted by Gasteiger charge is -2.32. The Balaban J connectivity index is 1.14. The molecule has 23 nitrogen and oxygen atoms in total. The Bertz CT molecular complexity index is 2020. The second-order valence-electron chi connectivity index (χ2n) is 10.9. The number of aliphatic hydroxyl groups is 1. The van der Waals surface area contributed by atoms with Crippen LogP contribution in [0, 0.1) is 0 Å². The van der Waals surface area contributed by atoms with Crippen molar-refractivity contribution in [3.05, 3.63) is 29.3 Å². The van der Waals surface area contributed by atoms with Crippen LogP contribution >= 0.6 is 15.6 Å². The molecule has 0 spiro atoms. The summed E-state index contributed by atoms with van der Waals surface area (Å²) in [6.45, 7) is -1.82. The van der Waals surface area contributed by atoms with Crippen molar-refractivity contribution in [3.63, 3.8) is 0 Å². The van der Waals surface area contributed by atoms with Crippen molar-refractivity contribution in [2.75, 3.05) is 31.3 Å². The number of nitrogen functional groups attached to an aromatic ring is 2. The minimum absolute atomic E-state index is 0.0897. The van der Waals surface area contributed by atoms with E-state index in [0.29, 0.717) is 0 Å². The number of nitrogens with one attached hydrogen (secondary N) is 1.